The maximum absolute atomic E-state index is 8.88. The summed E-state index contributed by atoms with van der Waals surface area (Å²) in [6.45, 7) is 5.37. The summed E-state index contributed by atoms with van der Waals surface area (Å²) in [5, 5.41) is 12.3. The van der Waals surface area contributed by atoms with Gasteiger partial charge in [0.1, 0.15) is 0 Å². The molecule has 2 aromatic carbocycles. The number of anilines is 1. The molecular weight excluding hydrogens is 246 g/mol. The van der Waals surface area contributed by atoms with Gasteiger partial charge in [-0.1, -0.05) is 30.3 Å². The van der Waals surface area contributed by atoms with Gasteiger partial charge in [-0.15, -0.1) is 0 Å². The minimum Gasteiger partial charge on any atom is -0.396 e. The van der Waals surface area contributed by atoms with E-state index in [0.717, 1.165) is 25.1 Å². The van der Waals surface area contributed by atoms with Crippen LogP contribution < -0.4 is 5.32 Å². The molecule has 0 aromatic heterocycles. The van der Waals surface area contributed by atoms with Crippen LogP contribution in [0.15, 0.2) is 42.5 Å². The summed E-state index contributed by atoms with van der Waals surface area (Å²) in [6.07, 6.45) is 1.75. The van der Waals surface area contributed by atoms with Gasteiger partial charge in [-0.25, -0.2) is 0 Å². The number of hydrogen-bond donors (Lipinski definition) is 2. The highest BCUT2D eigenvalue weighted by Crippen LogP contribution is 2.15. The van der Waals surface area contributed by atoms with Crippen molar-refractivity contribution >= 4 is 5.69 Å². The molecule has 2 N–H and O–H groups in total. The quantitative estimate of drug-likeness (QED) is 0.835. The fourth-order valence-electron chi connectivity index (χ4n) is 2.24. The number of aliphatic hydroxyl groups excluding tert-OH is 1. The third-order valence-corrected chi connectivity index (χ3v) is 3.62. The fourth-order valence-corrected chi connectivity index (χ4v) is 2.24. The van der Waals surface area contributed by atoms with Crippen molar-refractivity contribution < 1.29 is 5.11 Å². The first kappa shape index (κ1) is 14.6. The average molecular weight is 269 g/mol. The Kier molecular flexibility index (Phi) is 5.19. The Morgan fingerprint density at radius 3 is 2.55 bits per heavy atom. The van der Waals surface area contributed by atoms with Crippen molar-refractivity contribution in [3.8, 4) is 0 Å². The van der Waals surface area contributed by atoms with Gasteiger partial charge in [-0.05, 0) is 61.1 Å². The van der Waals surface area contributed by atoms with E-state index < -0.39 is 0 Å². The first-order valence-corrected chi connectivity index (χ1v) is 7.19. The zero-order valence-corrected chi connectivity index (χ0v) is 12.3. The van der Waals surface area contributed by atoms with Gasteiger partial charge in [0.25, 0.3) is 0 Å². The van der Waals surface area contributed by atoms with Crippen molar-refractivity contribution in [2.45, 2.75) is 33.2 Å². The molecule has 2 rings (SSSR count). The Hall–Kier alpha value is -1.80. The van der Waals surface area contributed by atoms with Crippen LogP contribution in [-0.4, -0.2) is 11.7 Å². The largest absolute Gasteiger partial charge is 0.396 e. The molecule has 106 valence electrons. The number of benzene rings is 2. The molecule has 0 saturated heterocycles. The van der Waals surface area contributed by atoms with Crippen LogP contribution in [-0.2, 0) is 13.0 Å². The average Bonchev–Trinajstić information content (AvgIpc) is 2.47. The van der Waals surface area contributed by atoms with E-state index in [9.17, 15) is 0 Å². The van der Waals surface area contributed by atoms with Crippen LogP contribution in [0.5, 0.6) is 0 Å². The van der Waals surface area contributed by atoms with Gasteiger partial charge in [0.15, 0.2) is 0 Å². The lowest BCUT2D eigenvalue weighted by atomic mass is 10.1. The monoisotopic (exact) mass is 269 g/mol. The van der Waals surface area contributed by atoms with Crippen LogP contribution in [0, 0.1) is 13.8 Å². The molecule has 0 aliphatic carbocycles. The van der Waals surface area contributed by atoms with E-state index in [1.54, 1.807) is 0 Å². The molecule has 0 saturated carbocycles. The summed E-state index contributed by atoms with van der Waals surface area (Å²) in [7, 11) is 0. The topological polar surface area (TPSA) is 32.3 Å². The highest BCUT2D eigenvalue weighted by molar-refractivity contribution is 5.46. The van der Waals surface area contributed by atoms with Crippen LogP contribution >= 0.6 is 0 Å². The lowest BCUT2D eigenvalue weighted by molar-refractivity contribution is 0.288. The molecular formula is C18H23NO. The molecule has 0 aliphatic rings. The minimum absolute atomic E-state index is 0.250. The van der Waals surface area contributed by atoms with E-state index in [2.05, 4.69) is 61.6 Å². The zero-order valence-electron chi connectivity index (χ0n) is 12.3. The van der Waals surface area contributed by atoms with Crippen LogP contribution in [0.25, 0.3) is 0 Å². The standard InChI is InChI=1S/C18H23NO/c1-14-8-9-17(11-15(14)2)13-19-18-7-3-5-16(12-18)6-4-10-20/h3,5,7-9,11-12,19-20H,4,6,10,13H2,1-2H3. The van der Waals surface area contributed by atoms with E-state index in [1.165, 1.54) is 22.3 Å². The van der Waals surface area contributed by atoms with Crippen molar-refractivity contribution in [2.24, 2.45) is 0 Å². The number of hydrogen-bond acceptors (Lipinski definition) is 2. The summed E-state index contributed by atoms with van der Waals surface area (Å²) in [6, 6.07) is 15.0. The fraction of sp³-hybridized carbons (Fsp3) is 0.333. The smallest absolute Gasteiger partial charge is 0.0434 e. The molecule has 0 bridgehead atoms. The number of nitrogens with one attached hydrogen (secondary N) is 1. The van der Waals surface area contributed by atoms with Crippen molar-refractivity contribution in [3.63, 3.8) is 0 Å². The Labute approximate surface area is 121 Å². The van der Waals surface area contributed by atoms with Gasteiger partial charge in [-0.2, -0.15) is 0 Å². The Bertz CT molecular complexity index is 563. The Balaban J connectivity index is 1.97. The molecule has 2 nitrogen and oxygen atoms in total. The van der Waals surface area contributed by atoms with Gasteiger partial charge in [0.2, 0.25) is 0 Å². The Morgan fingerprint density at radius 1 is 0.950 bits per heavy atom. The molecule has 2 heteroatoms. The van der Waals surface area contributed by atoms with Gasteiger partial charge in [0.05, 0.1) is 0 Å². The predicted molar refractivity (Wildman–Crippen MR) is 85.1 cm³/mol. The molecule has 0 amide bonds. The molecule has 0 atom stereocenters. The molecule has 0 spiro atoms. The van der Waals surface area contributed by atoms with E-state index in [4.69, 9.17) is 5.11 Å². The molecule has 0 radical (unpaired) electrons. The van der Waals surface area contributed by atoms with Crippen molar-refractivity contribution in [1.82, 2.24) is 0 Å². The molecule has 0 aliphatic heterocycles. The zero-order chi connectivity index (χ0) is 14.4. The van der Waals surface area contributed by atoms with Gasteiger partial charge >= 0.3 is 0 Å². The van der Waals surface area contributed by atoms with Gasteiger partial charge in [0, 0.05) is 18.8 Å². The van der Waals surface area contributed by atoms with Crippen molar-refractivity contribution in [3.05, 3.63) is 64.7 Å². The van der Waals surface area contributed by atoms with Crippen molar-refractivity contribution in [1.29, 1.82) is 0 Å². The molecule has 0 unspecified atom stereocenters. The minimum atomic E-state index is 0.250. The lowest BCUT2D eigenvalue weighted by Crippen LogP contribution is -2.01. The van der Waals surface area contributed by atoms with E-state index >= 15 is 0 Å². The second-order valence-electron chi connectivity index (χ2n) is 5.30. The highest BCUT2D eigenvalue weighted by atomic mass is 16.2. The normalized spacial score (nSPS) is 10.6. The third-order valence-electron chi connectivity index (χ3n) is 3.62. The lowest BCUT2D eigenvalue weighted by Gasteiger charge is -2.10. The second kappa shape index (κ2) is 7.11. The second-order valence-corrected chi connectivity index (χ2v) is 5.30. The summed E-state index contributed by atoms with van der Waals surface area (Å²) < 4.78 is 0. The maximum Gasteiger partial charge on any atom is 0.0434 e. The molecule has 20 heavy (non-hydrogen) atoms. The SMILES string of the molecule is Cc1ccc(CNc2cccc(CCCO)c2)cc1C. The maximum atomic E-state index is 8.88. The first-order valence-electron chi connectivity index (χ1n) is 7.19. The Morgan fingerprint density at radius 2 is 1.80 bits per heavy atom. The van der Waals surface area contributed by atoms with Crippen LogP contribution in [0.3, 0.4) is 0 Å². The highest BCUT2D eigenvalue weighted by Gasteiger charge is 1.99. The predicted octanol–water partition coefficient (Wildman–Crippen LogP) is 3.84. The van der Waals surface area contributed by atoms with E-state index in [1.807, 2.05) is 0 Å². The molecule has 0 fully saturated rings. The van der Waals surface area contributed by atoms with Gasteiger partial charge in [-0.3, -0.25) is 0 Å². The number of rotatable bonds is 6. The first-order chi connectivity index (χ1) is 9.69. The summed E-state index contributed by atoms with van der Waals surface area (Å²) >= 11 is 0. The van der Waals surface area contributed by atoms with Gasteiger partial charge < -0.3 is 10.4 Å². The molecule has 0 heterocycles. The molecule has 2 aromatic rings. The van der Waals surface area contributed by atoms with E-state index in [0.29, 0.717) is 0 Å². The number of aryl methyl sites for hydroxylation is 3. The third kappa shape index (κ3) is 4.10. The van der Waals surface area contributed by atoms with Crippen LogP contribution in [0.4, 0.5) is 5.69 Å². The number of aliphatic hydroxyl groups is 1. The van der Waals surface area contributed by atoms with Crippen LogP contribution in [0.2, 0.25) is 0 Å². The van der Waals surface area contributed by atoms with Crippen LogP contribution in [0.1, 0.15) is 28.7 Å². The summed E-state index contributed by atoms with van der Waals surface area (Å²) in [4.78, 5) is 0. The van der Waals surface area contributed by atoms with Crippen molar-refractivity contribution in [2.75, 3.05) is 11.9 Å². The summed E-state index contributed by atoms with van der Waals surface area (Å²) in [5.41, 5.74) is 6.37. The summed E-state index contributed by atoms with van der Waals surface area (Å²) in [5.74, 6) is 0. The van der Waals surface area contributed by atoms with E-state index in [-0.39, 0.29) is 6.61 Å².